The number of benzene rings is 2. The number of thiazole rings is 2. The number of rotatable bonds is 14. The molecule has 4 aromatic heterocycles. The predicted molar refractivity (Wildman–Crippen MR) is 246 cm³/mol. The number of halogens is 3. The van der Waals surface area contributed by atoms with Gasteiger partial charge in [0, 0.05) is 41.9 Å². The third kappa shape index (κ3) is 13.5. The minimum absolute atomic E-state index is 0.0817. The van der Waals surface area contributed by atoms with Crippen molar-refractivity contribution >= 4 is 104 Å². The highest BCUT2D eigenvalue weighted by molar-refractivity contribution is 7.98. The van der Waals surface area contributed by atoms with Gasteiger partial charge in [-0.05, 0) is 35.4 Å². The van der Waals surface area contributed by atoms with Crippen LogP contribution in [0, 0.1) is 40.4 Å². The smallest absolute Gasteiger partial charge is 0.236 e. The Kier molecular flexibility index (Phi) is 19.5. The summed E-state index contributed by atoms with van der Waals surface area (Å²) in [6.45, 7) is 16.7. The fourth-order valence-electron chi connectivity index (χ4n) is 5.04. The lowest BCUT2D eigenvalue weighted by molar-refractivity contribution is 0.146. The summed E-state index contributed by atoms with van der Waals surface area (Å²) in [6, 6.07) is 18.4. The number of aromatic nitrogens is 4. The Balaban J connectivity index is 0.000000232. The number of H-pyrrole nitrogens is 1. The fourth-order valence-corrected chi connectivity index (χ4v) is 8.09. The van der Waals surface area contributed by atoms with Crippen molar-refractivity contribution in [1.29, 1.82) is 10.5 Å². The molecule has 0 bridgehead atoms. The van der Waals surface area contributed by atoms with Gasteiger partial charge in [0.15, 0.2) is 8.93 Å². The number of hydrogen-bond donors (Lipinski definition) is 3. The highest BCUT2D eigenvalue weighted by Crippen LogP contribution is 2.42. The van der Waals surface area contributed by atoms with Crippen LogP contribution in [-0.2, 0) is 21.1 Å². The van der Waals surface area contributed by atoms with Crippen molar-refractivity contribution in [2.45, 2.75) is 16.7 Å². The van der Waals surface area contributed by atoms with E-state index in [-0.39, 0.29) is 33.2 Å². The van der Waals surface area contributed by atoms with Crippen molar-refractivity contribution in [3.63, 3.8) is 0 Å². The summed E-state index contributed by atoms with van der Waals surface area (Å²) in [4.78, 5) is 22.0. The molecule has 6 rings (SSSR count). The number of methoxy groups -OCH3 is 2. The Labute approximate surface area is 384 Å². The molecule has 0 radical (unpaired) electrons. The number of hydrogen-bond acceptors (Lipinski definition) is 15. The first-order chi connectivity index (χ1) is 29.5. The summed E-state index contributed by atoms with van der Waals surface area (Å²) in [5.41, 5.74) is 16.6. The highest BCUT2D eigenvalue weighted by atomic mass is 35.5. The molecular formula is C40H33Cl3N10O4S4. The molecule has 0 amide bonds. The van der Waals surface area contributed by atoms with Crippen molar-refractivity contribution in [3.8, 4) is 45.9 Å². The van der Waals surface area contributed by atoms with Gasteiger partial charge in [0.1, 0.15) is 58.2 Å². The number of ether oxygens (including phenoxy) is 4. The van der Waals surface area contributed by atoms with Crippen LogP contribution < -0.4 is 20.9 Å². The Hall–Kier alpha value is -5.48. The standard InChI is InChI=1S/C20H16ClN5O2S2.C16H14N4O2S.C4H3Cl2NS/c1-24-17-16(12-3-5-14(6-4-12)28-8-7-27-2)15(9-22)19(26-18(17)23)29-10-13-11-30-20(21)25-13;1-19-14-13(12(9-17)16(23)20-15(14)18)10-3-5-11(6-4-10)22-8-7-21-2;5-1-3-2-8-4(6)7-3/h3-6,11H,7-8,10H2,2H3,(H2,23,26);3-6H,7-8H2,2H3,(H3,18,20,23);2H,1H2. The van der Waals surface area contributed by atoms with Gasteiger partial charge in [0.2, 0.25) is 11.4 Å². The fraction of sp³-hybridized carbons (Fsp3) is 0.200. The average Bonchev–Trinajstić information content (AvgIpc) is 3.90. The van der Waals surface area contributed by atoms with E-state index in [1.807, 2.05) is 16.8 Å². The summed E-state index contributed by atoms with van der Waals surface area (Å²) in [5, 5.41) is 23.3. The molecule has 0 spiro atoms. The number of alkyl halides is 1. The summed E-state index contributed by atoms with van der Waals surface area (Å²) >= 11 is 26.0. The topological polar surface area (TPSA) is 200 Å². The second-order valence-corrected chi connectivity index (χ2v) is 16.2. The predicted octanol–water partition coefficient (Wildman–Crippen LogP) is 11.2. The number of nitrogens with zero attached hydrogens (tertiary/aromatic N) is 7. The molecule has 61 heavy (non-hydrogen) atoms. The van der Waals surface area contributed by atoms with E-state index in [4.69, 9.17) is 90.6 Å². The zero-order valence-corrected chi connectivity index (χ0v) is 37.7. The van der Waals surface area contributed by atoms with Crippen molar-refractivity contribution < 1.29 is 18.9 Å². The molecule has 0 atom stereocenters. The van der Waals surface area contributed by atoms with Crippen LogP contribution in [0.25, 0.3) is 31.9 Å². The van der Waals surface area contributed by atoms with Crippen LogP contribution in [0.3, 0.4) is 0 Å². The highest BCUT2D eigenvalue weighted by Gasteiger charge is 2.21. The first-order valence-corrected chi connectivity index (χ1v) is 21.7. The minimum Gasteiger partial charge on any atom is -0.491 e. The van der Waals surface area contributed by atoms with E-state index in [9.17, 15) is 10.5 Å². The van der Waals surface area contributed by atoms with E-state index in [0.717, 1.165) is 11.4 Å². The number of nitrogens with one attached hydrogen (secondary N) is 1. The van der Waals surface area contributed by atoms with Crippen LogP contribution in [0.4, 0.5) is 23.0 Å². The molecule has 5 N–H and O–H groups in total. The van der Waals surface area contributed by atoms with Crippen molar-refractivity contribution in [2.24, 2.45) is 0 Å². The summed E-state index contributed by atoms with van der Waals surface area (Å²) in [7, 11) is 3.21. The monoisotopic (exact) mass is 950 g/mol. The zero-order valence-electron chi connectivity index (χ0n) is 32.2. The zero-order chi connectivity index (χ0) is 44.3. The normalized spacial score (nSPS) is 10.1. The Morgan fingerprint density at radius 1 is 0.770 bits per heavy atom. The van der Waals surface area contributed by atoms with E-state index in [1.54, 1.807) is 62.8 Å². The second kappa shape index (κ2) is 24.7. The molecule has 14 nitrogen and oxygen atoms in total. The van der Waals surface area contributed by atoms with E-state index in [2.05, 4.69) is 35.7 Å². The molecule has 0 aliphatic heterocycles. The number of pyridine rings is 2. The van der Waals surface area contributed by atoms with Crippen LogP contribution in [-0.4, -0.2) is 60.6 Å². The van der Waals surface area contributed by atoms with Gasteiger partial charge in [-0.15, -0.1) is 34.3 Å². The lowest BCUT2D eigenvalue weighted by Gasteiger charge is -2.13. The van der Waals surface area contributed by atoms with Crippen molar-refractivity contribution in [3.05, 3.63) is 118 Å². The maximum Gasteiger partial charge on any atom is 0.236 e. The van der Waals surface area contributed by atoms with Gasteiger partial charge in [-0.25, -0.2) is 24.6 Å². The molecule has 0 aliphatic carbocycles. The molecule has 0 fully saturated rings. The van der Waals surface area contributed by atoms with Crippen LogP contribution in [0.1, 0.15) is 22.5 Å². The first kappa shape index (κ1) is 48.2. The van der Waals surface area contributed by atoms with Gasteiger partial charge in [0.25, 0.3) is 0 Å². The number of aromatic amines is 1. The molecule has 6 aromatic rings. The maximum atomic E-state index is 9.85. The maximum absolute atomic E-state index is 9.85. The Bertz CT molecular complexity index is 2650. The number of nitrogens with two attached hydrogens (primary N) is 2. The minimum atomic E-state index is 0.0817. The number of thioether (sulfide) groups is 1. The second-order valence-electron chi connectivity index (χ2n) is 11.7. The van der Waals surface area contributed by atoms with Crippen LogP contribution >= 0.6 is 81.5 Å². The Morgan fingerprint density at radius 2 is 1.26 bits per heavy atom. The van der Waals surface area contributed by atoms with E-state index in [1.165, 1.54) is 34.4 Å². The van der Waals surface area contributed by atoms with Gasteiger partial charge in [-0.2, -0.15) is 10.5 Å². The molecule has 0 aliphatic rings. The number of anilines is 2. The van der Waals surface area contributed by atoms with E-state index >= 15 is 0 Å². The largest absolute Gasteiger partial charge is 0.491 e. The molecule has 312 valence electrons. The molecule has 2 aromatic carbocycles. The molecule has 0 saturated heterocycles. The van der Waals surface area contributed by atoms with Crippen molar-refractivity contribution in [2.75, 3.05) is 52.1 Å². The van der Waals surface area contributed by atoms with E-state index < -0.39 is 0 Å². The third-order valence-electron chi connectivity index (χ3n) is 7.77. The van der Waals surface area contributed by atoms with Gasteiger partial charge in [-0.1, -0.05) is 71.4 Å². The summed E-state index contributed by atoms with van der Waals surface area (Å²) < 4.78 is 22.2. The van der Waals surface area contributed by atoms with Crippen molar-refractivity contribution in [1.82, 2.24) is 19.9 Å². The van der Waals surface area contributed by atoms with Crippen LogP contribution in [0.2, 0.25) is 8.93 Å². The van der Waals surface area contributed by atoms with Gasteiger partial charge in [0.05, 0.1) is 54.8 Å². The van der Waals surface area contributed by atoms with Crippen LogP contribution in [0.15, 0.2) is 64.3 Å². The van der Waals surface area contributed by atoms with Gasteiger partial charge in [-0.3, -0.25) is 0 Å². The van der Waals surface area contributed by atoms with Gasteiger partial charge >= 0.3 is 0 Å². The molecule has 4 heterocycles. The molecule has 21 heteroatoms. The first-order valence-electron chi connectivity index (χ1n) is 17.3. The SMILES string of the molecule is ClCc1csc(Cl)n1.[C-]#[N+]c1c(N)[nH]c(=S)c(C#N)c1-c1ccc(OCCOC)cc1.[C-]#[N+]c1c(N)nc(SCc2csc(Cl)n2)c(C#N)c1-c1ccc(OCCOC)cc1. The van der Waals surface area contributed by atoms with E-state index in [0.29, 0.717) is 91.3 Å². The summed E-state index contributed by atoms with van der Waals surface area (Å²) in [5.74, 6) is 2.49. The van der Waals surface area contributed by atoms with Gasteiger partial charge < -0.3 is 35.4 Å². The number of nitrogen functional groups attached to an aromatic ring is 2. The lowest BCUT2D eigenvalue weighted by atomic mass is 10.00. The molecule has 0 saturated carbocycles. The average molecular weight is 952 g/mol. The Morgan fingerprint density at radius 3 is 1.67 bits per heavy atom. The molecular weight excluding hydrogens is 919 g/mol. The quantitative estimate of drug-likeness (QED) is 0.0306. The number of nitriles is 2. The lowest BCUT2D eigenvalue weighted by Crippen LogP contribution is -2.04. The van der Waals surface area contributed by atoms with Crippen LogP contribution in [0.5, 0.6) is 11.5 Å². The summed E-state index contributed by atoms with van der Waals surface area (Å²) in [6.07, 6.45) is 0. The third-order valence-corrected chi connectivity index (χ3v) is 11.4. The molecule has 0 unspecified atom stereocenters.